The molecule has 2 aromatic rings. The minimum absolute atomic E-state index is 0.00106. The van der Waals surface area contributed by atoms with Crippen LogP contribution >= 0.6 is 15.9 Å². The number of benzene rings is 1. The summed E-state index contributed by atoms with van der Waals surface area (Å²) in [5.74, 6) is 0. The van der Waals surface area contributed by atoms with Gasteiger partial charge in [-0.3, -0.25) is 9.97 Å². The van der Waals surface area contributed by atoms with Gasteiger partial charge in [0.15, 0.2) is 0 Å². The number of fused-ring (bicyclic) bond motifs is 1. The van der Waals surface area contributed by atoms with Crippen LogP contribution in [0.1, 0.15) is 0 Å². The third-order valence-electron chi connectivity index (χ3n) is 2.19. The molecule has 6 heteroatoms. The molecule has 0 radical (unpaired) electrons. The van der Waals surface area contributed by atoms with Gasteiger partial charge in [0.2, 0.25) is 0 Å². The van der Waals surface area contributed by atoms with E-state index in [9.17, 15) is 0 Å². The number of anilines is 1. The second-order valence-electron chi connectivity index (χ2n) is 3.28. The zero-order chi connectivity index (χ0) is 13.0. The molecule has 0 saturated carbocycles. The maximum Gasteiger partial charge on any atom is 0.145 e. The van der Waals surface area contributed by atoms with Gasteiger partial charge in [-0.25, -0.2) is 0 Å². The fraction of sp³-hybridized carbons (Fsp3) is 0. The molecule has 0 spiro atoms. The number of rotatable bonds is 2. The fourth-order valence-corrected chi connectivity index (χ4v) is 1.91. The van der Waals surface area contributed by atoms with Crippen LogP contribution in [0, 0.1) is 22.7 Å². The van der Waals surface area contributed by atoms with E-state index in [1.165, 1.54) is 6.20 Å². The van der Waals surface area contributed by atoms with Crippen molar-refractivity contribution in [2.45, 2.75) is 0 Å². The average molecular weight is 300 g/mol. The van der Waals surface area contributed by atoms with Gasteiger partial charge in [0, 0.05) is 18.6 Å². The predicted octanol–water partition coefficient (Wildman–Crippen LogP) is 2.74. The number of nitriles is 2. The Balaban J connectivity index is 2.42. The lowest BCUT2D eigenvalue weighted by Crippen LogP contribution is -1.93. The molecule has 5 nitrogen and oxygen atoms in total. The molecule has 0 aliphatic carbocycles. The Morgan fingerprint density at radius 3 is 2.67 bits per heavy atom. The molecule has 1 aromatic carbocycles. The lowest BCUT2D eigenvalue weighted by Gasteiger charge is -2.06. The van der Waals surface area contributed by atoms with Crippen LogP contribution in [0.5, 0.6) is 0 Å². The van der Waals surface area contributed by atoms with E-state index in [0.29, 0.717) is 11.2 Å². The summed E-state index contributed by atoms with van der Waals surface area (Å²) >= 11 is 3.42. The van der Waals surface area contributed by atoms with E-state index in [-0.39, 0.29) is 5.57 Å². The van der Waals surface area contributed by atoms with Gasteiger partial charge in [0.25, 0.3) is 0 Å². The Morgan fingerprint density at radius 1 is 1.22 bits per heavy atom. The summed E-state index contributed by atoms with van der Waals surface area (Å²) in [5.41, 5.74) is 2.19. The zero-order valence-electron chi connectivity index (χ0n) is 9.05. The van der Waals surface area contributed by atoms with Crippen LogP contribution in [0.25, 0.3) is 11.0 Å². The first-order valence-corrected chi connectivity index (χ1v) is 5.71. The highest BCUT2D eigenvalue weighted by Gasteiger charge is 2.05. The van der Waals surface area contributed by atoms with Crippen LogP contribution in [-0.4, -0.2) is 9.97 Å². The molecule has 0 unspecified atom stereocenters. The SMILES string of the molecule is N#CC(C#N)=CNc1ccc2nccnc2c1Br. The summed E-state index contributed by atoms with van der Waals surface area (Å²) < 4.78 is 0.736. The Hall–Kier alpha value is -2.44. The van der Waals surface area contributed by atoms with Crippen molar-refractivity contribution in [1.82, 2.24) is 9.97 Å². The van der Waals surface area contributed by atoms with E-state index in [2.05, 4.69) is 31.2 Å². The standard InChI is InChI=1S/C12H6BrN5/c13-11-9(18-7-8(5-14)6-15)1-2-10-12(11)17-4-3-16-10/h1-4,7,18H. The molecule has 0 aliphatic heterocycles. The van der Waals surface area contributed by atoms with Gasteiger partial charge in [0.1, 0.15) is 23.2 Å². The second kappa shape index (κ2) is 5.26. The Bertz CT molecular complexity index is 692. The van der Waals surface area contributed by atoms with Crippen LogP contribution in [0.3, 0.4) is 0 Å². The van der Waals surface area contributed by atoms with E-state index in [0.717, 1.165) is 9.99 Å². The van der Waals surface area contributed by atoms with Crippen LogP contribution in [0.2, 0.25) is 0 Å². The monoisotopic (exact) mass is 299 g/mol. The quantitative estimate of drug-likeness (QED) is 0.862. The summed E-state index contributed by atoms with van der Waals surface area (Å²) in [7, 11) is 0. The van der Waals surface area contributed by atoms with Crippen molar-refractivity contribution in [2.75, 3.05) is 5.32 Å². The third-order valence-corrected chi connectivity index (χ3v) is 2.99. The van der Waals surface area contributed by atoms with Gasteiger partial charge in [-0.1, -0.05) is 0 Å². The molecular weight excluding hydrogens is 294 g/mol. The van der Waals surface area contributed by atoms with E-state index in [4.69, 9.17) is 10.5 Å². The highest BCUT2D eigenvalue weighted by Crippen LogP contribution is 2.28. The predicted molar refractivity (Wildman–Crippen MR) is 70.2 cm³/mol. The van der Waals surface area contributed by atoms with Crippen molar-refractivity contribution < 1.29 is 0 Å². The first kappa shape index (κ1) is 12.0. The first-order valence-electron chi connectivity index (χ1n) is 4.92. The molecule has 0 atom stereocenters. The normalized spacial score (nSPS) is 9.28. The lowest BCUT2D eigenvalue weighted by molar-refractivity contribution is 1.29. The van der Waals surface area contributed by atoms with E-state index in [1.54, 1.807) is 30.6 Å². The molecule has 1 heterocycles. The van der Waals surface area contributed by atoms with Gasteiger partial charge < -0.3 is 5.32 Å². The van der Waals surface area contributed by atoms with Crippen molar-refractivity contribution in [3.05, 3.63) is 40.8 Å². The smallest absolute Gasteiger partial charge is 0.145 e. The van der Waals surface area contributed by atoms with Crippen LogP contribution in [-0.2, 0) is 0 Å². The number of halogens is 1. The van der Waals surface area contributed by atoms with Crippen molar-refractivity contribution in [2.24, 2.45) is 0 Å². The largest absolute Gasteiger partial charge is 0.359 e. The molecule has 0 aliphatic rings. The number of aromatic nitrogens is 2. The van der Waals surface area contributed by atoms with Gasteiger partial charge in [-0.2, -0.15) is 10.5 Å². The lowest BCUT2D eigenvalue weighted by atomic mass is 10.2. The van der Waals surface area contributed by atoms with Crippen LogP contribution in [0.15, 0.2) is 40.8 Å². The molecule has 1 aromatic heterocycles. The molecule has 18 heavy (non-hydrogen) atoms. The molecular formula is C12H6BrN5. The summed E-state index contributed by atoms with van der Waals surface area (Å²) in [6, 6.07) is 7.15. The molecule has 0 bridgehead atoms. The molecule has 0 saturated heterocycles. The van der Waals surface area contributed by atoms with Crippen LogP contribution < -0.4 is 5.32 Å². The Labute approximate surface area is 112 Å². The third kappa shape index (κ3) is 2.29. The Morgan fingerprint density at radius 2 is 1.94 bits per heavy atom. The minimum atomic E-state index is 0.00106. The molecule has 0 amide bonds. The van der Waals surface area contributed by atoms with Gasteiger partial charge in [-0.05, 0) is 28.1 Å². The number of hydrogen-bond acceptors (Lipinski definition) is 5. The summed E-state index contributed by atoms with van der Waals surface area (Å²) in [5, 5.41) is 20.1. The van der Waals surface area contributed by atoms with Crippen molar-refractivity contribution in [1.29, 1.82) is 10.5 Å². The maximum absolute atomic E-state index is 8.63. The summed E-state index contributed by atoms with van der Waals surface area (Å²) in [6.07, 6.45) is 4.57. The number of nitrogens with zero attached hydrogens (tertiary/aromatic N) is 4. The zero-order valence-corrected chi connectivity index (χ0v) is 10.6. The maximum atomic E-state index is 8.63. The second-order valence-corrected chi connectivity index (χ2v) is 4.07. The van der Waals surface area contributed by atoms with Crippen molar-refractivity contribution >= 4 is 32.7 Å². The van der Waals surface area contributed by atoms with Crippen LogP contribution in [0.4, 0.5) is 5.69 Å². The topological polar surface area (TPSA) is 85.4 Å². The molecule has 2 rings (SSSR count). The summed E-state index contributed by atoms with van der Waals surface area (Å²) in [4.78, 5) is 8.38. The molecule has 1 N–H and O–H groups in total. The summed E-state index contributed by atoms with van der Waals surface area (Å²) in [6.45, 7) is 0. The van der Waals surface area contributed by atoms with Crippen molar-refractivity contribution in [3.63, 3.8) is 0 Å². The van der Waals surface area contributed by atoms with Gasteiger partial charge in [0.05, 0.1) is 15.7 Å². The van der Waals surface area contributed by atoms with E-state index in [1.807, 2.05) is 6.07 Å². The fourth-order valence-electron chi connectivity index (χ4n) is 1.35. The number of allylic oxidation sites excluding steroid dienone is 1. The molecule has 86 valence electrons. The highest BCUT2D eigenvalue weighted by molar-refractivity contribution is 9.10. The van der Waals surface area contributed by atoms with Crippen molar-refractivity contribution in [3.8, 4) is 12.1 Å². The van der Waals surface area contributed by atoms with E-state index < -0.39 is 0 Å². The van der Waals surface area contributed by atoms with E-state index >= 15 is 0 Å². The minimum Gasteiger partial charge on any atom is -0.359 e. The number of hydrogen-bond donors (Lipinski definition) is 1. The highest BCUT2D eigenvalue weighted by atomic mass is 79.9. The van der Waals surface area contributed by atoms with Gasteiger partial charge in [-0.15, -0.1) is 0 Å². The first-order chi connectivity index (χ1) is 8.76. The Kier molecular flexibility index (Phi) is 3.52. The average Bonchev–Trinajstić information content (AvgIpc) is 2.42. The van der Waals surface area contributed by atoms with Gasteiger partial charge >= 0.3 is 0 Å². The molecule has 0 fully saturated rings. The number of nitrogens with one attached hydrogen (secondary N) is 1.